The van der Waals surface area contributed by atoms with Gasteiger partial charge >= 0.3 is 0 Å². The average Bonchev–Trinajstić information content (AvgIpc) is 3.33. The molecule has 2 aliphatic heterocycles. The number of fused-ring (bicyclic) bond motifs is 9. The monoisotopic (exact) mass is 470 g/mol. The van der Waals surface area contributed by atoms with E-state index in [0.29, 0.717) is 0 Å². The quantitative estimate of drug-likeness (QED) is 0.348. The van der Waals surface area contributed by atoms with Crippen molar-refractivity contribution in [1.82, 2.24) is 0 Å². The minimum atomic E-state index is 1.06. The van der Waals surface area contributed by atoms with Crippen LogP contribution in [0.1, 0.15) is 103 Å². The average molecular weight is 471 g/mol. The fourth-order valence-electron chi connectivity index (χ4n) is 11.5. The van der Waals surface area contributed by atoms with Crippen LogP contribution in [0.5, 0.6) is 0 Å². The van der Waals surface area contributed by atoms with Crippen LogP contribution in [0, 0.1) is 59.2 Å². The van der Waals surface area contributed by atoms with Crippen molar-refractivity contribution in [3.05, 3.63) is 0 Å². The predicted octanol–water partition coefficient (Wildman–Crippen LogP) is 8.44. The molecule has 0 bridgehead atoms. The first-order chi connectivity index (χ1) is 15.8. The summed E-state index contributed by atoms with van der Waals surface area (Å²) in [7, 11) is 0. The van der Waals surface area contributed by atoms with Gasteiger partial charge in [0.15, 0.2) is 0 Å². The van der Waals surface area contributed by atoms with E-state index in [2.05, 4.69) is 23.5 Å². The third-order valence-corrected chi connectivity index (χ3v) is 16.8. The number of hydrogen-bond acceptors (Lipinski definition) is 2. The first-order valence-electron chi connectivity index (χ1n) is 15.1. The largest absolute Gasteiger partial charge is 0.153 e. The van der Waals surface area contributed by atoms with E-state index in [1.165, 1.54) is 0 Å². The third kappa shape index (κ3) is 3.29. The van der Waals surface area contributed by atoms with Crippen LogP contribution >= 0.6 is 23.5 Å². The zero-order chi connectivity index (χ0) is 20.8. The Labute approximate surface area is 206 Å². The van der Waals surface area contributed by atoms with Gasteiger partial charge in [0.1, 0.15) is 0 Å². The second-order valence-electron chi connectivity index (χ2n) is 14.1. The smallest absolute Gasteiger partial charge is 0.0211 e. The molecule has 2 saturated heterocycles. The lowest BCUT2D eigenvalue weighted by molar-refractivity contribution is 0.0355. The summed E-state index contributed by atoms with van der Waals surface area (Å²) in [5, 5.41) is 4.25. The van der Waals surface area contributed by atoms with E-state index in [9.17, 15) is 0 Å². The second kappa shape index (κ2) is 8.11. The molecule has 0 aromatic rings. The first-order valence-corrected chi connectivity index (χ1v) is 17.0. The van der Waals surface area contributed by atoms with Crippen LogP contribution in [0.25, 0.3) is 0 Å². The Bertz CT molecular complexity index is 660. The summed E-state index contributed by atoms with van der Waals surface area (Å²) in [5.41, 5.74) is 0. The molecular weight excluding hydrogens is 424 g/mol. The molecule has 8 aliphatic rings. The topological polar surface area (TPSA) is 0 Å². The van der Waals surface area contributed by atoms with Crippen LogP contribution in [0.3, 0.4) is 0 Å². The normalized spacial score (nSPS) is 60.8. The highest BCUT2D eigenvalue weighted by atomic mass is 32.2. The maximum absolute atomic E-state index is 2.58. The molecule has 6 aliphatic carbocycles. The van der Waals surface area contributed by atoms with E-state index >= 15 is 0 Å². The Morgan fingerprint density at radius 2 is 0.688 bits per heavy atom. The van der Waals surface area contributed by atoms with E-state index < -0.39 is 0 Å². The maximum atomic E-state index is 2.58. The Hall–Kier alpha value is 0.700. The molecule has 0 amide bonds. The summed E-state index contributed by atoms with van der Waals surface area (Å²) in [6.45, 7) is 0. The summed E-state index contributed by atoms with van der Waals surface area (Å²) in [5.74, 6) is 11.3. The van der Waals surface area contributed by atoms with E-state index in [1.807, 2.05) is 0 Å². The fraction of sp³-hybridized carbons (Fsp3) is 1.00. The minimum Gasteiger partial charge on any atom is -0.153 e. The van der Waals surface area contributed by atoms with Gasteiger partial charge in [-0.1, -0.05) is 51.4 Å². The summed E-state index contributed by atoms with van der Waals surface area (Å²) < 4.78 is 0. The molecule has 8 rings (SSSR count). The van der Waals surface area contributed by atoms with Crippen molar-refractivity contribution in [3.8, 4) is 0 Å². The molecule has 0 aromatic carbocycles. The third-order valence-electron chi connectivity index (χ3n) is 12.9. The molecule has 8 fully saturated rings. The molecule has 0 N–H and O–H groups in total. The van der Waals surface area contributed by atoms with Crippen molar-refractivity contribution < 1.29 is 0 Å². The zero-order valence-electron chi connectivity index (χ0n) is 20.2. The molecule has 0 radical (unpaired) electrons. The lowest BCUT2D eigenvalue weighted by Crippen LogP contribution is -2.42. The van der Waals surface area contributed by atoms with E-state index in [0.717, 1.165) is 80.2 Å². The SMILES string of the molecule is C1CCC2CC3CC4C(CC3CC2C1)SC1C2CC3CC5CCCCC5CC3CC2SC41. The van der Waals surface area contributed by atoms with Gasteiger partial charge in [0.2, 0.25) is 0 Å². The van der Waals surface area contributed by atoms with Gasteiger partial charge in [-0.15, -0.1) is 0 Å². The minimum absolute atomic E-state index is 1.06. The van der Waals surface area contributed by atoms with E-state index in [-0.39, 0.29) is 0 Å². The summed E-state index contributed by atoms with van der Waals surface area (Å²) in [6.07, 6.45) is 25.7. The molecular formula is C30H46S2. The van der Waals surface area contributed by atoms with Gasteiger partial charge in [0.25, 0.3) is 0 Å². The summed E-state index contributed by atoms with van der Waals surface area (Å²) in [6, 6.07) is 0. The van der Waals surface area contributed by atoms with Gasteiger partial charge in [0.05, 0.1) is 0 Å². The predicted molar refractivity (Wildman–Crippen MR) is 139 cm³/mol. The second-order valence-corrected chi connectivity index (χ2v) is 17.0. The summed E-state index contributed by atoms with van der Waals surface area (Å²) >= 11 is 5.15. The number of rotatable bonds is 0. The molecule has 14 unspecified atom stereocenters. The highest BCUT2D eigenvalue weighted by molar-refractivity contribution is 8.06. The van der Waals surface area contributed by atoms with Gasteiger partial charge in [0, 0.05) is 21.0 Å². The number of hydrogen-bond donors (Lipinski definition) is 0. The van der Waals surface area contributed by atoms with Gasteiger partial charge in [-0.2, -0.15) is 23.5 Å². The van der Waals surface area contributed by atoms with Crippen molar-refractivity contribution in [2.24, 2.45) is 59.2 Å². The highest BCUT2D eigenvalue weighted by Gasteiger charge is 2.60. The van der Waals surface area contributed by atoms with Crippen LogP contribution in [-0.4, -0.2) is 21.0 Å². The molecule has 0 nitrogen and oxygen atoms in total. The first kappa shape index (κ1) is 20.8. The van der Waals surface area contributed by atoms with Crippen LogP contribution < -0.4 is 0 Å². The Morgan fingerprint density at radius 3 is 1.06 bits per heavy atom. The van der Waals surface area contributed by atoms with Crippen molar-refractivity contribution in [3.63, 3.8) is 0 Å². The van der Waals surface area contributed by atoms with Crippen molar-refractivity contribution in [1.29, 1.82) is 0 Å². The van der Waals surface area contributed by atoms with Gasteiger partial charge in [-0.25, -0.2) is 0 Å². The Kier molecular flexibility index (Phi) is 5.28. The van der Waals surface area contributed by atoms with Gasteiger partial charge in [-0.05, 0) is 111 Å². The van der Waals surface area contributed by atoms with Crippen molar-refractivity contribution in [2.45, 2.75) is 124 Å². The van der Waals surface area contributed by atoms with E-state index in [4.69, 9.17) is 0 Å². The van der Waals surface area contributed by atoms with Crippen LogP contribution in [0.2, 0.25) is 0 Å². The molecule has 0 aromatic heterocycles. The standard InChI is InChI=1S/C30H46S2/c1-3-7-19-11-23-15-27-25(13-21(23)9-17(19)5-1)29-30(31-27)26-14-22-10-18-6-2-4-8-20(18)12-24(22)16-28(26)32-29/h17-30H,1-16H2. The van der Waals surface area contributed by atoms with Crippen LogP contribution in [-0.2, 0) is 0 Å². The van der Waals surface area contributed by atoms with Crippen molar-refractivity contribution in [2.75, 3.05) is 0 Å². The molecule has 0 spiro atoms. The fourth-order valence-corrected chi connectivity index (χ4v) is 16.3. The molecule has 178 valence electrons. The molecule has 32 heavy (non-hydrogen) atoms. The molecule has 6 saturated carbocycles. The van der Waals surface area contributed by atoms with Gasteiger partial charge in [-0.3, -0.25) is 0 Å². The number of thioether (sulfide) groups is 2. The lowest BCUT2D eigenvalue weighted by Gasteiger charge is -2.50. The molecule has 2 heterocycles. The highest BCUT2D eigenvalue weighted by Crippen LogP contribution is 2.67. The Balaban J connectivity index is 0.976. The lowest BCUT2D eigenvalue weighted by atomic mass is 9.57. The van der Waals surface area contributed by atoms with Crippen molar-refractivity contribution >= 4 is 23.5 Å². The van der Waals surface area contributed by atoms with Crippen LogP contribution in [0.15, 0.2) is 0 Å². The molecule has 2 heteroatoms. The summed E-state index contributed by atoms with van der Waals surface area (Å²) in [4.78, 5) is 0. The van der Waals surface area contributed by atoms with Crippen LogP contribution in [0.4, 0.5) is 0 Å². The maximum Gasteiger partial charge on any atom is 0.0211 e. The van der Waals surface area contributed by atoms with E-state index in [1.54, 1.807) is 103 Å². The Morgan fingerprint density at radius 1 is 0.344 bits per heavy atom. The molecule has 14 atom stereocenters. The van der Waals surface area contributed by atoms with Gasteiger partial charge < -0.3 is 0 Å². The zero-order valence-corrected chi connectivity index (χ0v) is 21.8.